The summed E-state index contributed by atoms with van der Waals surface area (Å²) in [5, 5.41) is 2.81. The van der Waals surface area contributed by atoms with Crippen molar-refractivity contribution in [3.8, 4) is 0 Å². The number of nitrogens with one attached hydrogen (secondary N) is 1. The number of carbonyl (C=O) groups is 1. The first-order chi connectivity index (χ1) is 9.69. The van der Waals surface area contributed by atoms with E-state index in [1.54, 1.807) is 0 Å². The van der Waals surface area contributed by atoms with Crippen molar-refractivity contribution in [2.24, 2.45) is 11.5 Å². The molecule has 0 spiro atoms. The van der Waals surface area contributed by atoms with Crippen LogP contribution < -0.4 is 16.8 Å². The van der Waals surface area contributed by atoms with Crippen LogP contribution in [-0.4, -0.2) is 11.9 Å². The first-order valence-electron chi connectivity index (χ1n) is 6.58. The van der Waals surface area contributed by atoms with Gasteiger partial charge in [-0.2, -0.15) is 0 Å². The van der Waals surface area contributed by atoms with Crippen LogP contribution in [0.4, 0.5) is 5.69 Å². The topological polar surface area (TPSA) is 81.1 Å². The number of amides is 1. The summed E-state index contributed by atoms with van der Waals surface area (Å²) in [5.74, 6) is -0.186. The van der Waals surface area contributed by atoms with Crippen LogP contribution in [0, 0.1) is 0 Å². The molecule has 0 radical (unpaired) electrons. The summed E-state index contributed by atoms with van der Waals surface area (Å²) in [6.45, 7) is 0.488. The number of rotatable bonds is 5. The molecule has 2 aromatic rings. The standard InChI is InChI=1S/C16H19N3O/c17-11-13-6-8-14(9-7-13)19-16(20)15(18)10-12-4-2-1-3-5-12/h1-9,15H,10-11,17-18H2,(H,19,20). The molecule has 0 aliphatic rings. The van der Waals surface area contributed by atoms with Crippen molar-refractivity contribution < 1.29 is 4.79 Å². The fraction of sp³-hybridized carbons (Fsp3) is 0.188. The summed E-state index contributed by atoms with van der Waals surface area (Å²) in [7, 11) is 0. The molecule has 4 nitrogen and oxygen atoms in total. The second-order valence-corrected chi connectivity index (χ2v) is 4.69. The minimum Gasteiger partial charge on any atom is -0.326 e. The van der Waals surface area contributed by atoms with Gasteiger partial charge in [0.2, 0.25) is 5.91 Å². The lowest BCUT2D eigenvalue weighted by Crippen LogP contribution is -2.37. The van der Waals surface area contributed by atoms with Crippen molar-refractivity contribution in [1.82, 2.24) is 0 Å². The molecule has 2 rings (SSSR count). The van der Waals surface area contributed by atoms with E-state index in [1.807, 2.05) is 54.6 Å². The van der Waals surface area contributed by atoms with Crippen LogP contribution in [-0.2, 0) is 17.8 Å². The van der Waals surface area contributed by atoms with Crippen molar-refractivity contribution in [2.45, 2.75) is 19.0 Å². The molecule has 1 unspecified atom stereocenters. The molecule has 104 valence electrons. The van der Waals surface area contributed by atoms with Crippen LogP contribution in [0.5, 0.6) is 0 Å². The highest BCUT2D eigenvalue weighted by Gasteiger charge is 2.14. The third-order valence-corrected chi connectivity index (χ3v) is 3.09. The third-order valence-electron chi connectivity index (χ3n) is 3.09. The van der Waals surface area contributed by atoms with Gasteiger partial charge in [-0.3, -0.25) is 4.79 Å². The van der Waals surface area contributed by atoms with E-state index in [0.29, 0.717) is 13.0 Å². The quantitative estimate of drug-likeness (QED) is 0.772. The van der Waals surface area contributed by atoms with Gasteiger partial charge in [0, 0.05) is 12.2 Å². The number of carbonyl (C=O) groups excluding carboxylic acids is 1. The van der Waals surface area contributed by atoms with Crippen LogP contribution in [0.25, 0.3) is 0 Å². The second kappa shape index (κ2) is 6.84. The minimum absolute atomic E-state index is 0.186. The molecule has 5 N–H and O–H groups in total. The fourth-order valence-corrected chi connectivity index (χ4v) is 1.92. The Labute approximate surface area is 118 Å². The molecule has 4 heteroatoms. The van der Waals surface area contributed by atoms with E-state index < -0.39 is 6.04 Å². The van der Waals surface area contributed by atoms with Gasteiger partial charge in [-0.05, 0) is 29.7 Å². The van der Waals surface area contributed by atoms with Crippen LogP contribution in [0.15, 0.2) is 54.6 Å². The van der Waals surface area contributed by atoms with Gasteiger partial charge in [-0.1, -0.05) is 42.5 Å². The van der Waals surface area contributed by atoms with E-state index in [2.05, 4.69) is 5.32 Å². The van der Waals surface area contributed by atoms with Gasteiger partial charge in [0.1, 0.15) is 0 Å². The summed E-state index contributed by atoms with van der Waals surface area (Å²) in [5.41, 5.74) is 14.3. The highest BCUT2D eigenvalue weighted by molar-refractivity contribution is 5.94. The Morgan fingerprint density at radius 3 is 2.25 bits per heavy atom. The predicted octanol–water partition coefficient (Wildman–Crippen LogP) is 1.65. The van der Waals surface area contributed by atoms with E-state index in [0.717, 1.165) is 16.8 Å². The molecule has 0 fully saturated rings. The lowest BCUT2D eigenvalue weighted by Gasteiger charge is -2.12. The molecule has 0 saturated heterocycles. The highest BCUT2D eigenvalue weighted by Crippen LogP contribution is 2.10. The van der Waals surface area contributed by atoms with Crippen molar-refractivity contribution >= 4 is 11.6 Å². The number of hydrogen-bond acceptors (Lipinski definition) is 3. The zero-order valence-electron chi connectivity index (χ0n) is 11.3. The smallest absolute Gasteiger partial charge is 0.241 e. The average molecular weight is 269 g/mol. The van der Waals surface area contributed by atoms with Gasteiger partial charge >= 0.3 is 0 Å². The first-order valence-corrected chi connectivity index (χ1v) is 6.58. The fourth-order valence-electron chi connectivity index (χ4n) is 1.92. The summed E-state index contributed by atoms with van der Waals surface area (Å²) in [6, 6.07) is 16.6. The predicted molar refractivity (Wildman–Crippen MR) is 81.1 cm³/mol. The summed E-state index contributed by atoms with van der Waals surface area (Å²) in [6.07, 6.45) is 0.521. The maximum Gasteiger partial charge on any atom is 0.241 e. The SMILES string of the molecule is NCc1ccc(NC(=O)C(N)Cc2ccccc2)cc1. The van der Waals surface area contributed by atoms with Crippen molar-refractivity contribution in [3.63, 3.8) is 0 Å². The maximum absolute atomic E-state index is 12.0. The highest BCUT2D eigenvalue weighted by atomic mass is 16.2. The minimum atomic E-state index is -0.563. The molecular formula is C16H19N3O. The maximum atomic E-state index is 12.0. The average Bonchev–Trinajstić information content (AvgIpc) is 2.49. The molecular weight excluding hydrogens is 250 g/mol. The van der Waals surface area contributed by atoms with Gasteiger partial charge in [0.15, 0.2) is 0 Å². The molecule has 0 aliphatic carbocycles. The Morgan fingerprint density at radius 1 is 1.00 bits per heavy atom. The monoisotopic (exact) mass is 269 g/mol. The molecule has 20 heavy (non-hydrogen) atoms. The van der Waals surface area contributed by atoms with Crippen molar-refractivity contribution in [1.29, 1.82) is 0 Å². The number of benzene rings is 2. The van der Waals surface area contributed by atoms with Gasteiger partial charge < -0.3 is 16.8 Å². The number of nitrogens with two attached hydrogens (primary N) is 2. The van der Waals surface area contributed by atoms with Crippen LogP contribution in [0.2, 0.25) is 0 Å². The van der Waals surface area contributed by atoms with Crippen molar-refractivity contribution in [3.05, 3.63) is 65.7 Å². The van der Waals surface area contributed by atoms with Crippen LogP contribution in [0.1, 0.15) is 11.1 Å². The lowest BCUT2D eigenvalue weighted by atomic mass is 10.1. The lowest BCUT2D eigenvalue weighted by molar-refractivity contribution is -0.117. The molecule has 0 heterocycles. The molecule has 1 amide bonds. The Kier molecular flexibility index (Phi) is 4.87. The second-order valence-electron chi connectivity index (χ2n) is 4.69. The normalized spacial score (nSPS) is 11.9. The van der Waals surface area contributed by atoms with Gasteiger partial charge in [0.05, 0.1) is 6.04 Å². The zero-order chi connectivity index (χ0) is 14.4. The van der Waals surface area contributed by atoms with Crippen LogP contribution >= 0.6 is 0 Å². The van der Waals surface area contributed by atoms with E-state index in [1.165, 1.54) is 0 Å². The van der Waals surface area contributed by atoms with E-state index >= 15 is 0 Å². The van der Waals surface area contributed by atoms with E-state index in [9.17, 15) is 4.79 Å². The summed E-state index contributed by atoms with van der Waals surface area (Å²) < 4.78 is 0. The summed E-state index contributed by atoms with van der Waals surface area (Å²) in [4.78, 5) is 12.0. The Bertz CT molecular complexity index is 552. The largest absolute Gasteiger partial charge is 0.326 e. The van der Waals surface area contributed by atoms with Crippen molar-refractivity contribution in [2.75, 3.05) is 5.32 Å². The van der Waals surface area contributed by atoms with Gasteiger partial charge in [-0.15, -0.1) is 0 Å². The van der Waals surface area contributed by atoms with E-state index in [4.69, 9.17) is 11.5 Å². The Hall–Kier alpha value is -2.17. The number of hydrogen-bond donors (Lipinski definition) is 3. The Balaban J connectivity index is 1.93. The zero-order valence-corrected chi connectivity index (χ0v) is 11.3. The summed E-state index contributed by atoms with van der Waals surface area (Å²) >= 11 is 0. The third kappa shape index (κ3) is 3.91. The van der Waals surface area contributed by atoms with Crippen LogP contribution in [0.3, 0.4) is 0 Å². The molecule has 2 aromatic carbocycles. The molecule has 0 aliphatic heterocycles. The molecule has 0 saturated carbocycles. The molecule has 0 aromatic heterocycles. The van der Waals surface area contributed by atoms with E-state index in [-0.39, 0.29) is 5.91 Å². The Morgan fingerprint density at radius 2 is 1.65 bits per heavy atom. The van der Waals surface area contributed by atoms with Gasteiger partial charge in [0.25, 0.3) is 0 Å². The molecule has 0 bridgehead atoms. The molecule has 1 atom stereocenters. The first kappa shape index (κ1) is 14.2. The number of anilines is 1. The van der Waals surface area contributed by atoms with Gasteiger partial charge in [-0.25, -0.2) is 0 Å².